The van der Waals surface area contributed by atoms with E-state index in [2.05, 4.69) is 10.1 Å². The molecule has 0 saturated heterocycles. The van der Waals surface area contributed by atoms with Crippen molar-refractivity contribution in [1.29, 1.82) is 0 Å². The van der Waals surface area contributed by atoms with Gasteiger partial charge in [-0.15, -0.1) is 0 Å². The summed E-state index contributed by atoms with van der Waals surface area (Å²) >= 11 is 0. The number of hydrogen-bond acceptors (Lipinski definition) is 3. The van der Waals surface area contributed by atoms with Gasteiger partial charge in [-0.25, -0.2) is 9.31 Å². The summed E-state index contributed by atoms with van der Waals surface area (Å²) in [6, 6.07) is 0. The number of fused-ring (bicyclic) bond motifs is 1. The maximum Gasteiger partial charge on any atom is 0.339 e. The molecule has 0 spiro atoms. The van der Waals surface area contributed by atoms with E-state index >= 15 is 0 Å². The van der Waals surface area contributed by atoms with Gasteiger partial charge in [0.25, 0.3) is 0 Å². The highest BCUT2D eigenvalue weighted by Crippen LogP contribution is 2.09. The first-order valence-electron chi connectivity index (χ1n) is 3.72. The quantitative estimate of drug-likeness (QED) is 0.697. The highest BCUT2D eigenvalue weighted by molar-refractivity contribution is 5.95. The number of carboxylic acid groups (broad SMARTS) is 1. The Morgan fingerprint density at radius 3 is 3.00 bits per heavy atom. The molecule has 13 heavy (non-hydrogen) atoms. The van der Waals surface area contributed by atoms with Crippen LogP contribution >= 0.6 is 0 Å². The minimum absolute atomic E-state index is 0.174. The number of aromatic nitrogens is 3. The van der Waals surface area contributed by atoms with Gasteiger partial charge in [-0.05, 0) is 6.92 Å². The number of carbonyl (C=O) groups is 1. The van der Waals surface area contributed by atoms with Gasteiger partial charge in [-0.1, -0.05) is 0 Å². The predicted octanol–water partition coefficient (Wildman–Crippen LogP) is 0.736. The molecule has 0 saturated carbocycles. The standard InChI is InChI=1S/C8H7N3O2/c1-5-4-11-7(3-9-5)6(2-10-11)8(12)13/h2-4H,1H3,(H,12,13). The molecule has 2 rings (SSSR count). The Hall–Kier alpha value is -1.91. The zero-order chi connectivity index (χ0) is 9.42. The minimum Gasteiger partial charge on any atom is -0.478 e. The number of hydrogen-bond donors (Lipinski definition) is 1. The first-order chi connectivity index (χ1) is 6.18. The Balaban J connectivity index is 2.76. The van der Waals surface area contributed by atoms with Gasteiger partial charge in [0, 0.05) is 0 Å². The van der Waals surface area contributed by atoms with Crippen molar-refractivity contribution in [3.05, 3.63) is 29.8 Å². The molecule has 2 aromatic rings. The van der Waals surface area contributed by atoms with Gasteiger partial charge >= 0.3 is 5.97 Å². The Morgan fingerprint density at radius 2 is 2.31 bits per heavy atom. The van der Waals surface area contributed by atoms with Gasteiger partial charge in [0.1, 0.15) is 5.56 Å². The van der Waals surface area contributed by atoms with E-state index in [1.54, 1.807) is 6.20 Å². The largest absolute Gasteiger partial charge is 0.478 e. The monoisotopic (exact) mass is 177 g/mol. The average Bonchev–Trinajstić information content (AvgIpc) is 2.46. The van der Waals surface area contributed by atoms with Crippen LogP contribution in [0.3, 0.4) is 0 Å². The van der Waals surface area contributed by atoms with Crippen molar-refractivity contribution in [2.24, 2.45) is 0 Å². The Labute approximate surface area is 73.6 Å². The second-order valence-corrected chi connectivity index (χ2v) is 2.72. The third-order valence-electron chi connectivity index (χ3n) is 1.76. The molecule has 0 aliphatic heterocycles. The molecule has 0 unspecified atom stereocenters. The fourth-order valence-electron chi connectivity index (χ4n) is 1.14. The van der Waals surface area contributed by atoms with Gasteiger partial charge in [0.15, 0.2) is 0 Å². The van der Waals surface area contributed by atoms with Crippen molar-refractivity contribution in [2.45, 2.75) is 6.92 Å². The molecule has 0 atom stereocenters. The highest BCUT2D eigenvalue weighted by Gasteiger charge is 2.10. The van der Waals surface area contributed by atoms with Crippen LogP contribution in [-0.4, -0.2) is 25.7 Å². The van der Waals surface area contributed by atoms with E-state index in [0.29, 0.717) is 5.52 Å². The van der Waals surface area contributed by atoms with E-state index in [0.717, 1.165) is 5.69 Å². The lowest BCUT2D eigenvalue weighted by molar-refractivity contribution is 0.0699. The van der Waals surface area contributed by atoms with E-state index in [9.17, 15) is 4.79 Å². The normalized spacial score (nSPS) is 10.5. The number of nitrogens with zero attached hydrogens (tertiary/aromatic N) is 3. The van der Waals surface area contributed by atoms with Gasteiger partial charge in [-0.2, -0.15) is 5.10 Å². The zero-order valence-electron chi connectivity index (χ0n) is 6.93. The van der Waals surface area contributed by atoms with Crippen LogP contribution in [0.4, 0.5) is 0 Å². The van der Waals surface area contributed by atoms with Crippen molar-refractivity contribution in [3.63, 3.8) is 0 Å². The van der Waals surface area contributed by atoms with Crippen molar-refractivity contribution in [2.75, 3.05) is 0 Å². The molecule has 0 aliphatic rings. The molecular weight excluding hydrogens is 170 g/mol. The molecule has 0 fully saturated rings. The molecule has 2 heterocycles. The molecular formula is C8H7N3O2. The maximum atomic E-state index is 10.7. The van der Waals surface area contributed by atoms with Crippen molar-refractivity contribution < 1.29 is 9.90 Å². The topological polar surface area (TPSA) is 67.5 Å². The van der Waals surface area contributed by atoms with E-state index in [1.165, 1.54) is 16.9 Å². The minimum atomic E-state index is -0.986. The van der Waals surface area contributed by atoms with Crippen LogP contribution in [0.1, 0.15) is 16.1 Å². The second-order valence-electron chi connectivity index (χ2n) is 2.72. The van der Waals surface area contributed by atoms with Crippen molar-refractivity contribution in [1.82, 2.24) is 14.6 Å². The first kappa shape index (κ1) is 7.72. The lowest BCUT2D eigenvalue weighted by Gasteiger charge is -1.94. The predicted molar refractivity (Wildman–Crippen MR) is 44.7 cm³/mol. The fourth-order valence-corrected chi connectivity index (χ4v) is 1.14. The lowest BCUT2D eigenvalue weighted by Crippen LogP contribution is -1.96. The molecule has 0 radical (unpaired) electrons. The number of rotatable bonds is 1. The summed E-state index contributed by atoms with van der Waals surface area (Å²) in [6.07, 6.45) is 4.51. The molecule has 1 N–H and O–H groups in total. The fraction of sp³-hybridized carbons (Fsp3) is 0.125. The molecule has 0 bridgehead atoms. The first-order valence-corrected chi connectivity index (χ1v) is 3.72. The summed E-state index contributed by atoms with van der Waals surface area (Å²) in [5.41, 5.74) is 1.48. The van der Waals surface area contributed by atoms with Crippen LogP contribution in [0.15, 0.2) is 18.6 Å². The Kier molecular flexibility index (Phi) is 1.51. The van der Waals surface area contributed by atoms with Crippen LogP contribution < -0.4 is 0 Å². The van der Waals surface area contributed by atoms with E-state index in [1.807, 2.05) is 6.92 Å². The molecule has 0 amide bonds. The molecule has 5 nitrogen and oxygen atoms in total. The summed E-state index contributed by atoms with van der Waals surface area (Å²) in [4.78, 5) is 14.7. The molecule has 2 aromatic heterocycles. The Bertz CT molecular complexity index is 475. The number of aromatic carboxylic acids is 1. The second kappa shape index (κ2) is 2.55. The molecule has 5 heteroatoms. The van der Waals surface area contributed by atoms with Gasteiger partial charge in [0.2, 0.25) is 0 Å². The molecule has 66 valence electrons. The summed E-state index contributed by atoms with van der Waals surface area (Å²) in [6.45, 7) is 1.82. The van der Waals surface area contributed by atoms with Crippen LogP contribution in [0.25, 0.3) is 5.52 Å². The average molecular weight is 177 g/mol. The molecule has 0 aromatic carbocycles. The van der Waals surface area contributed by atoms with Crippen LogP contribution in [0.5, 0.6) is 0 Å². The van der Waals surface area contributed by atoms with Crippen LogP contribution in [-0.2, 0) is 0 Å². The maximum absolute atomic E-state index is 10.7. The van der Waals surface area contributed by atoms with E-state index in [-0.39, 0.29) is 5.56 Å². The SMILES string of the molecule is Cc1cn2ncc(C(=O)O)c2cn1. The zero-order valence-corrected chi connectivity index (χ0v) is 6.93. The third kappa shape index (κ3) is 1.14. The summed E-state index contributed by atoms with van der Waals surface area (Å²) in [7, 11) is 0. The third-order valence-corrected chi connectivity index (χ3v) is 1.76. The number of aryl methyl sites for hydroxylation is 1. The number of carboxylic acids is 1. The summed E-state index contributed by atoms with van der Waals surface area (Å²) in [5, 5.41) is 12.7. The Morgan fingerprint density at radius 1 is 1.54 bits per heavy atom. The molecule has 0 aliphatic carbocycles. The van der Waals surface area contributed by atoms with Gasteiger partial charge in [-0.3, -0.25) is 4.98 Å². The summed E-state index contributed by atoms with van der Waals surface area (Å²) in [5.74, 6) is -0.986. The summed E-state index contributed by atoms with van der Waals surface area (Å²) < 4.78 is 1.51. The smallest absolute Gasteiger partial charge is 0.339 e. The van der Waals surface area contributed by atoms with Crippen LogP contribution in [0, 0.1) is 6.92 Å². The van der Waals surface area contributed by atoms with E-state index in [4.69, 9.17) is 5.11 Å². The lowest BCUT2D eigenvalue weighted by atomic mass is 10.3. The highest BCUT2D eigenvalue weighted by atomic mass is 16.4. The van der Waals surface area contributed by atoms with Gasteiger partial charge < -0.3 is 5.11 Å². The van der Waals surface area contributed by atoms with Crippen molar-refractivity contribution >= 4 is 11.5 Å². The van der Waals surface area contributed by atoms with Gasteiger partial charge in [0.05, 0.1) is 29.8 Å². The van der Waals surface area contributed by atoms with E-state index < -0.39 is 5.97 Å². The van der Waals surface area contributed by atoms with Crippen molar-refractivity contribution in [3.8, 4) is 0 Å². The van der Waals surface area contributed by atoms with Crippen LogP contribution in [0.2, 0.25) is 0 Å².